The molecule has 0 aliphatic heterocycles. The number of rotatable bonds is 4. The predicted octanol–water partition coefficient (Wildman–Crippen LogP) is 4.35. The normalized spacial score (nSPS) is 11.1. The van der Waals surface area contributed by atoms with Crippen molar-refractivity contribution in [2.75, 3.05) is 0 Å². The van der Waals surface area contributed by atoms with E-state index >= 15 is 0 Å². The fraction of sp³-hybridized carbons (Fsp3) is 0.133. The van der Waals surface area contributed by atoms with E-state index < -0.39 is 11.9 Å². The molecule has 0 radical (unpaired) electrons. The first kappa shape index (κ1) is 16.5. The van der Waals surface area contributed by atoms with Crippen LogP contribution < -0.4 is 9.47 Å². The second-order valence-electron chi connectivity index (χ2n) is 4.46. The van der Waals surface area contributed by atoms with Crippen molar-refractivity contribution in [2.45, 2.75) is 12.8 Å². The molecule has 7 heteroatoms. The van der Waals surface area contributed by atoms with Crippen molar-refractivity contribution in [3.63, 3.8) is 0 Å². The Labute approximate surface area is 138 Å². The molecule has 0 unspecified atom stereocenters. The average Bonchev–Trinajstić information content (AvgIpc) is 2.44. The highest BCUT2D eigenvalue weighted by Crippen LogP contribution is 2.29. The van der Waals surface area contributed by atoms with Crippen LogP contribution in [0.5, 0.6) is 23.0 Å². The molecule has 0 saturated carbocycles. The van der Waals surface area contributed by atoms with Crippen molar-refractivity contribution in [1.29, 1.82) is 0 Å². The van der Waals surface area contributed by atoms with Gasteiger partial charge in [-0.25, -0.2) is 4.79 Å². The van der Waals surface area contributed by atoms with Gasteiger partial charge in [-0.15, -0.1) is 0 Å². The Morgan fingerprint density at radius 1 is 1.09 bits per heavy atom. The lowest BCUT2D eigenvalue weighted by molar-refractivity contribution is -0.158. The molecule has 4 nitrogen and oxygen atoms in total. The number of esters is 1. The van der Waals surface area contributed by atoms with Gasteiger partial charge in [-0.3, -0.25) is 0 Å². The van der Waals surface area contributed by atoms with E-state index in [4.69, 9.17) is 4.74 Å². The highest BCUT2D eigenvalue weighted by molar-refractivity contribution is 14.1. The Bertz CT molecular complexity index is 681. The lowest BCUT2D eigenvalue weighted by Crippen LogP contribution is -2.29. The Balaban J connectivity index is 2.06. The van der Waals surface area contributed by atoms with E-state index in [1.807, 2.05) is 22.6 Å². The van der Waals surface area contributed by atoms with Crippen molar-refractivity contribution in [1.82, 2.24) is 0 Å². The number of hydrogen-bond donors (Lipinski definition) is 1. The summed E-state index contributed by atoms with van der Waals surface area (Å²) in [6, 6.07) is 10.4. The quantitative estimate of drug-likeness (QED) is 0.454. The van der Waals surface area contributed by atoms with Crippen LogP contribution in [0.4, 0.5) is 8.78 Å². The van der Waals surface area contributed by atoms with Gasteiger partial charge in [-0.1, -0.05) is 0 Å². The molecule has 2 aromatic rings. The number of carbonyl (C=O) groups excluding carboxylic acids is 1. The molecule has 1 N–H and O–H groups in total. The van der Waals surface area contributed by atoms with Gasteiger partial charge in [0.25, 0.3) is 0 Å². The maximum atomic E-state index is 12.7. The van der Waals surface area contributed by atoms with Crippen LogP contribution in [0, 0.1) is 3.57 Å². The molecule has 0 amide bonds. The SMILES string of the molecule is CC(F)(F)C(=O)Oc1ccc(Oc2ccc(O)c(I)c2)cc1. The van der Waals surface area contributed by atoms with Crippen LogP contribution in [0.1, 0.15) is 6.92 Å². The van der Waals surface area contributed by atoms with Crippen LogP contribution in [-0.2, 0) is 4.79 Å². The van der Waals surface area contributed by atoms with E-state index in [0.29, 0.717) is 22.0 Å². The van der Waals surface area contributed by atoms with Gasteiger partial charge < -0.3 is 14.6 Å². The van der Waals surface area contributed by atoms with Gasteiger partial charge in [0.1, 0.15) is 23.0 Å². The monoisotopic (exact) mass is 420 g/mol. The van der Waals surface area contributed by atoms with Crippen molar-refractivity contribution in [2.24, 2.45) is 0 Å². The van der Waals surface area contributed by atoms with Crippen molar-refractivity contribution in [3.8, 4) is 23.0 Å². The van der Waals surface area contributed by atoms with Gasteiger partial charge >= 0.3 is 11.9 Å². The first-order chi connectivity index (χ1) is 10.3. The zero-order chi connectivity index (χ0) is 16.3. The second-order valence-corrected chi connectivity index (χ2v) is 5.63. The number of aromatic hydroxyl groups is 1. The van der Waals surface area contributed by atoms with E-state index in [1.165, 1.54) is 30.3 Å². The average molecular weight is 420 g/mol. The van der Waals surface area contributed by atoms with E-state index in [0.717, 1.165) is 0 Å². The maximum absolute atomic E-state index is 12.7. The smallest absolute Gasteiger partial charge is 0.382 e. The lowest BCUT2D eigenvalue weighted by Gasteiger charge is -2.10. The van der Waals surface area contributed by atoms with Gasteiger partial charge in [0.2, 0.25) is 0 Å². The standard InChI is InChI=1S/C15H11F2IO4/c1-15(16,17)14(20)22-10-4-2-9(3-5-10)21-11-6-7-13(19)12(18)8-11/h2-8,19H,1H3. The second kappa shape index (κ2) is 6.47. The molecule has 22 heavy (non-hydrogen) atoms. The third-order valence-electron chi connectivity index (χ3n) is 2.55. The summed E-state index contributed by atoms with van der Waals surface area (Å²) in [7, 11) is 0. The lowest BCUT2D eigenvalue weighted by atomic mass is 10.3. The van der Waals surface area contributed by atoms with E-state index in [1.54, 1.807) is 12.1 Å². The number of alkyl halides is 2. The van der Waals surface area contributed by atoms with Crippen molar-refractivity contribution in [3.05, 3.63) is 46.0 Å². The molecule has 0 saturated heterocycles. The van der Waals surface area contributed by atoms with Gasteiger partial charge in [0.05, 0.1) is 3.57 Å². The highest BCUT2D eigenvalue weighted by Gasteiger charge is 2.34. The molecule has 0 aromatic heterocycles. The summed E-state index contributed by atoms with van der Waals surface area (Å²) in [5.74, 6) is -4.07. The predicted molar refractivity (Wildman–Crippen MR) is 83.6 cm³/mol. The molecule has 0 aliphatic rings. The summed E-state index contributed by atoms with van der Waals surface area (Å²) < 4.78 is 36.1. The molecular formula is C15H11F2IO4. The van der Waals surface area contributed by atoms with Gasteiger partial charge in [-0.05, 0) is 65.1 Å². The number of phenols is 1. The first-order valence-electron chi connectivity index (χ1n) is 6.12. The number of carbonyl (C=O) groups is 1. The number of halogens is 3. The number of phenolic OH excluding ortho intramolecular Hbond substituents is 1. The highest BCUT2D eigenvalue weighted by atomic mass is 127. The van der Waals surface area contributed by atoms with Crippen LogP contribution in [-0.4, -0.2) is 17.0 Å². The van der Waals surface area contributed by atoms with Crippen LogP contribution in [0.15, 0.2) is 42.5 Å². The van der Waals surface area contributed by atoms with E-state index in [-0.39, 0.29) is 11.5 Å². The van der Waals surface area contributed by atoms with Crippen LogP contribution in [0.25, 0.3) is 0 Å². The van der Waals surface area contributed by atoms with Gasteiger partial charge in [0.15, 0.2) is 0 Å². The largest absolute Gasteiger partial charge is 0.507 e. The number of ether oxygens (including phenoxy) is 2. The Kier molecular flexibility index (Phi) is 4.84. The van der Waals surface area contributed by atoms with Crippen LogP contribution in [0.3, 0.4) is 0 Å². The van der Waals surface area contributed by atoms with Crippen LogP contribution in [0.2, 0.25) is 0 Å². The zero-order valence-electron chi connectivity index (χ0n) is 11.3. The summed E-state index contributed by atoms with van der Waals surface area (Å²) in [6.07, 6.45) is 0. The molecule has 2 rings (SSSR count). The molecule has 0 bridgehead atoms. The third-order valence-corrected chi connectivity index (χ3v) is 3.41. The topological polar surface area (TPSA) is 55.8 Å². The van der Waals surface area contributed by atoms with Gasteiger partial charge in [0, 0.05) is 6.92 Å². The van der Waals surface area contributed by atoms with E-state index in [2.05, 4.69) is 4.74 Å². The summed E-state index contributed by atoms with van der Waals surface area (Å²) in [5, 5.41) is 9.42. The van der Waals surface area contributed by atoms with Crippen molar-refractivity contribution < 1.29 is 28.2 Å². The molecule has 116 valence electrons. The number of hydrogen-bond acceptors (Lipinski definition) is 4. The molecule has 0 heterocycles. The molecule has 0 atom stereocenters. The van der Waals surface area contributed by atoms with E-state index in [9.17, 15) is 18.7 Å². The summed E-state index contributed by atoms with van der Waals surface area (Å²) in [6.45, 7) is 0.471. The first-order valence-corrected chi connectivity index (χ1v) is 7.20. The van der Waals surface area contributed by atoms with Gasteiger partial charge in [-0.2, -0.15) is 8.78 Å². The third kappa shape index (κ3) is 4.30. The fourth-order valence-corrected chi connectivity index (χ4v) is 1.95. The fourth-order valence-electron chi connectivity index (χ4n) is 1.46. The molecule has 0 aliphatic carbocycles. The minimum absolute atomic E-state index is 0.000776. The maximum Gasteiger partial charge on any atom is 0.382 e. The Hall–Kier alpha value is -1.90. The van der Waals surface area contributed by atoms with Crippen molar-refractivity contribution >= 4 is 28.6 Å². The Morgan fingerprint density at radius 3 is 2.18 bits per heavy atom. The minimum atomic E-state index is -3.54. The molecule has 0 spiro atoms. The minimum Gasteiger partial charge on any atom is -0.507 e. The van der Waals surface area contributed by atoms with Crippen LogP contribution >= 0.6 is 22.6 Å². The molecular weight excluding hydrogens is 409 g/mol. The Morgan fingerprint density at radius 2 is 1.64 bits per heavy atom. The number of benzene rings is 2. The molecule has 0 fully saturated rings. The summed E-state index contributed by atoms with van der Waals surface area (Å²) >= 11 is 1.96. The zero-order valence-corrected chi connectivity index (χ0v) is 13.5. The summed E-state index contributed by atoms with van der Waals surface area (Å²) in [4.78, 5) is 11.1. The molecule has 2 aromatic carbocycles. The summed E-state index contributed by atoms with van der Waals surface area (Å²) in [5.41, 5.74) is 0.